The van der Waals surface area contributed by atoms with E-state index in [9.17, 15) is 14.4 Å². The first kappa shape index (κ1) is 27.6. The Hall–Kier alpha value is -3.98. The Balaban J connectivity index is 1.57. The van der Waals surface area contributed by atoms with Crippen LogP contribution in [0.3, 0.4) is 0 Å². The second-order valence-electron chi connectivity index (χ2n) is 8.28. The van der Waals surface area contributed by atoms with Crippen molar-refractivity contribution >= 4 is 40.3 Å². The summed E-state index contributed by atoms with van der Waals surface area (Å²) >= 11 is 1.33. The van der Waals surface area contributed by atoms with E-state index in [4.69, 9.17) is 9.47 Å². The highest BCUT2D eigenvalue weighted by Gasteiger charge is 2.22. The van der Waals surface area contributed by atoms with Crippen LogP contribution in [0, 0.1) is 13.8 Å². The van der Waals surface area contributed by atoms with Crippen LogP contribution in [0.2, 0.25) is 0 Å². The third-order valence-electron chi connectivity index (χ3n) is 5.67. The summed E-state index contributed by atoms with van der Waals surface area (Å²) in [6, 6.07) is 14.3. The maximum absolute atomic E-state index is 12.8. The summed E-state index contributed by atoms with van der Waals surface area (Å²) in [5.41, 5.74) is 6.11. The molecule has 0 aliphatic heterocycles. The lowest BCUT2D eigenvalue weighted by Gasteiger charge is -2.13. The zero-order chi connectivity index (χ0) is 26.9. The van der Waals surface area contributed by atoms with Crippen molar-refractivity contribution in [1.29, 1.82) is 0 Å². The molecule has 0 saturated carbocycles. The SMILES string of the molecule is CCOC(=O)c1c(NC(=O)c2ccc(OC(C)C(=O)NN=Cc3ccc(CC)cc3)cc2)sc(C)c1C. The fourth-order valence-corrected chi connectivity index (χ4v) is 4.43. The predicted molar refractivity (Wildman–Crippen MR) is 146 cm³/mol. The van der Waals surface area contributed by atoms with E-state index in [0.29, 0.717) is 21.9 Å². The molecule has 1 aromatic heterocycles. The average Bonchev–Trinajstić information content (AvgIpc) is 3.17. The largest absolute Gasteiger partial charge is 0.481 e. The number of hydrazone groups is 1. The summed E-state index contributed by atoms with van der Waals surface area (Å²) in [7, 11) is 0. The molecule has 3 rings (SSSR count). The number of rotatable bonds is 10. The molecule has 1 atom stereocenters. The van der Waals surface area contributed by atoms with Crippen LogP contribution in [-0.4, -0.2) is 36.7 Å². The lowest BCUT2D eigenvalue weighted by Crippen LogP contribution is -2.33. The van der Waals surface area contributed by atoms with E-state index in [-0.39, 0.29) is 12.5 Å². The smallest absolute Gasteiger partial charge is 0.341 e. The Labute approximate surface area is 220 Å². The maximum atomic E-state index is 12.8. The number of hydrogen-bond acceptors (Lipinski definition) is 7. The third-order valence-corrected chi connectivity index (χ3v) is 6.79. The van der Waals surface area contributed by atoms with Crippen molar-refractivity contribution in [3.63, 3.8) is 0 Å². The predicted octanol–water partition coefficient (Wildman–Crippen LogP) is 5.27. The quantitative estimate of drug-likeness (QED) is 0.215. The lowest BCUT2D eigenvalue weighted by molar-refractivity contribution is -0.127. The van der Waals surface area contributed by atoms with Crippen molar-refractivity contribution in [2.45, 2.75) is 47.1 Å². The number of nitrogens with zero attached hydrogens (tertiary/aromatic N) is 1. The standard InChI is InChI=1S/C28H31N3O5S/c1-6-20-8-10-21(11-9-20)16-29-31-25(32)18(4)36-23-14-12-22(13-15-23)26(33)30-27-24(28(34)35-7-2)17(3)19(5)37-27/h8-16,18H,6-7H2,1-5H3,(H,30,33)(H,31,32). The number of thiophene rings is 1. The van der Waals surface area contributed by atoms with Crippen molar-refractivity contribution in [3.05, 3.63) is 81.2 Å². The molecular formula is C28H31N3O5S. The second-order valence-corrected chi connectivity index (χ2v) is 9.50. The van der Waals surface area contributed by atoms with Crippen molar-refractivity contribution in [2.24, 2.45) is 5.10 Å². The summed E-state index contributed by atoms with van der Waals surface area (Å²) in [6.45, 7) is 9.39. The fraction of sp³-hybridized carbons (Fsp3) is 0.286. The fourth-order valence-electron chi connectivity index (χ4n) is 3.38. The second kappa shape index (κ2) is 12.8. The van der Waals surface area contributed by atoms with E-state index in [1.54, 1.807) is 44.3 Å². The first-order valence-electron chi connectivity index (χ1n) is 12.0. The number of aryl methyl sites for hydroxylation is 2. The van der Waals surface area contributed by atoms with Crippen LogP contribution in [-0.2, 0) is 16.0 Å². The van der Waals surface area contributed by atoms with Gasteiger partial charge in [0.25, 0.3) is 11.8 Å². The molecular weight excluding hydrogens is 490 g/mol. The van der Waals surface area contributed by atoms with E-state index in [0.717, 1.165) is 22.4 Å². The zero-order valence-corrected chi connectivity index (χ0v) is 22.4. The zero-order valence-electron chi connectivity index (χ0n) is 21.6. The van der Waals surface area contributed by atoms with E-state index in [2.05, 4.69) is 22.8 Å². The Bertz CT molecular complexity index is 1280. The molecule has 2 aromatic carbocycles. The molecule has 0 spiro atoms. The molecule has 8 nitrogen and oxygen atoms in total. The number of nitrogens with one attached hydrogen (secondary N) is 2. The topological polar surface area (TPSA) is 106 Å². The molecule has 2 N–H and O–H groups in total. The van der Waals surface area contributed by atoms with Crippen LogP contribution in [0.15, 0.2) is 53.6 Å². The van der Waals surface area contributed by atoms with E-state index in [1.165, 1.54) is 16.9 Å². The summed E-state index contributed by atoms with van der Waals surface area (Å²) in [5, 5.41) is 7.24. The van der Waals surface area contributed by atoms with Crippen molar-refractivity contribution in [1.82, 2.24) is 5.43 Å². The van der Waals surface area contributed by atoms with Gasteiger partial charge >= 0.3 is 5.97 Å². The van der Waals surface area contributed by atoms with Crippen LogP contribution < -0.4 is 15.5 Å². The van der Waals surface area contributed by atoms with Gasteiger partial charge in [0.05, 0.1) is 18.4 Å². The Morgan fingerprint density at radius 3 is 2.32 bits per heavy atom. The molecule has 0 radical (unpaired) electrons. The van der Waals surface area contributed by atoms with Crippen molar-refractivity contribution in [2.75, 3.05) is 11.9 Å². The highest BCUT2D eigenvalue weighted by atomic mass is 32.1. The number of esters is 1. The van der Waals surface area contributed by atoms with Crippen molar-refractivity contribution < 1.29 is 23.9 Å². The highest BCUT2D eigenvalue weighted by Crippen LogP contribution is 2.33. The molecule has 9 heteroatoms. The minimum atomic E-state index is -0.802. The van der Waals surface area contributed by atoms with Gasteiger partial charge in [0.15, 0.2) is 6.10 Å². The maximum Gasteiger partial charge on any atom is 0.341 e. The van der Waals surface area contributed by atoms with Gasteiger partial charge in [-0.3, -0.25) is 9.59 Å². The summed E-state index contributed by atoms with van der Waals surface area (Å²) < 4.78 is 10.8. The van der Waals surface area contributed by atoms with Crippen molar-refractivity contribution in [3.8, 4) is 5.75 Å². The van der Waals surface area contributed by atoms with E-state index < -0.39 is 18.0 Å². The molecule has 0 bridgehead atoms. The lowest BCUT2D eigenvalue weighted by atomic mass is 10.1. The Morgan fingerprint density at radius 2 is 1.70 bits per heavy atom. The van der Waals surface area contributed by atoms with Crippen LogP contribution >= 0.6 is 11.3 Å². The van der Waals surface area contributed by atoms with Gasteiger partial charge in [0, 0.05) is 10.4 Å². The number of hydrogen-bond donors (Lipinski definition) is 2. The van der Waals surface area contributed by atoms with Gasteiger partial charge in [-0.2, -0.15) is 5.10 Å². The van der Waals surface area contributed by atoms with E-state index in [1.807, 2.05) is 38.1 Å². The van der Waals surface area contributed by atoms with Gasteiger partial charge in [-0.25, -0.2) is 10.2 Å². The molecule has 194 valence electrons. The van der Waals surface area contributed by atoms with Gasteiger partial charge < -0.3 is 14.8 Å². The number of ether oxygens (including phenoxy) is 2. The Kier molecular flexibility index (Phi) is 9.57. The molecule has 1 unspecified atom stereocenters. The van der Waals surface area contributed by atoms with Gasteiger partial charge in [-0.1, -0.05) is 31.2 Å². The Morgan fingerprint density at radius 1 is 1.03 bits per heavy atom. The molecule has 0 saturated heterocycles. The van der Waals surface area contributed by atoms with Gasteiger partial charge in [0.1, 0.15) is 10.8 Å². The highest BCUT2D eigenvalue weighted by molar-refractivity contribution is 7.16. The minimum Gasteiger partial charge on any atom is -0.481 e. The first-order valence-corrected chi connectivity index (χ1v) is 12.8. The summed E-state index contributed by atoms with van der Waals surface area (Å²) in [4.78, 5) is 38.4. The number of anilines is 1. The molecule has 2 amide bonds. The number of carbonyl (C=O) groups excluding carboxylic acids is 3. The van der Waals surface area contributed by atoms with Crippen LogP contribution in [0.1, 0.15) is 63.1 Å². The van der Waals surface area contributed by atoms with Gasteiger partial charge in [0.2, 0.25) is 0 Å². The van der Waals surface area contributed by atoms with Gasteiger partial charge in [-0.15, -0.1) is 11.3 Å². The summed E-state index contributed by atoms with van der Waals surface area (Å²) in [6.07, 6.45) is 1.73. The number of benzene rings is 2. The molecule has 37 heavy (non-hydrogen) atoms. The number of amides is 2. The van der Waals surface area contributed by atoms with Crippen LogP contribution in [0.5, 0.6) is 5.75 Å². The van der Waals surface area contributed by atoms with Gasteiger partial charge in [-0.05, 0) is 75.1 Å². The average molecular weight is 522 g/mol. The minimum absolute atomic E-state index is 0.248. The van der Waals surface area contributed by atoms with Crippen LogP contribution in [0.4, 0.5) is 5.00 Å². The molecule has 0 aliphatic carbocycles. The normalized spacial score (nSPS) is 11.7. The summed E-state index contributed by atoms with van der Waals surface area (Å²) in [5.74, 6) is -0.814. The first-order chi connectivity index (χ1) is 17.7. The van der Waals surface area contributed by atoms with Crippen LogP contribution in [0.25, 0.3) is 0 Å². The molecule has 1 heterocycles. The monoisotopic (exact) mass is 521 g/mol. The molecule has 0 fully saturated rings. The van der Waals surface area contributed by atoms with E-state index >= 15 is 0 Å². The third kappa shape index (κ3) is 7.27. The molecule has 0 aliphatic rings. The number of carbonyl (C=O) groups is 3. The molecule has 3 aromatic rings.